The van der Waals surface area contributed by atoms with Crippen LogP contribution >= 0.6 is 0 Å². The molecule has 2 aromatic carbocycles. The SMILES string of the molecule is O=C(CCC(=O)NCCc1ccc2c(c1)OCO2)NCCc1ccc2c(c1)OCO2. The van der Waals surface area contributed by atoms with Crippen molar-refractivity contribution in [1.29, 1.82) is 0 Å². The number of ether oxygens (including phenoxy) is 4. The highest BCUT2D eigenvalue weighted by molar-refractivity contribution is 5.83. The number of carbonyl (C=O) groups is 2. The van der Waals surface area contributed by atoms with Crippen molar-refractivity contribution in [3.8, 4) is 23.0 Å². The molecule has 0 aromatic heterocycles. The molecule has 2 aromatic rings. The topological polar surface area (TPSA) is 95.1 Å². The quantitative estimate of drug-likeness (QED) is 0.654. The van der Waals surface area contributed by atoms with Gasteiger partial charge < -0.3 is 29.6 Å². The molecule has 2 amide bonds. The Labute approximate surface area is 174 Å². The molecule has 30 heavy (non-hydrogen) atoms. The average Bonchev–Trinajstić information content (AvgIpc) is 3.40. The monoisotopic (exact) mass is 412 g/mol. The third-order valence-electron chi connectivity index (χ3n) is 4.92. The molecule has 8 heteroatoms. The molecule has 2 aliphatic rings. The number of hydrogen-bond acceptors (Lipinski definition) is 6. The maximum atomic E-state index is 12.0. The van der Waals surface area contributed by atoms with Gasteiger partial charge in [0.15, 0.2) is 23.0 Å². The zero-order valence-corrected chi connectivity index (χ0v) is 16.6. The molecule has 0 aliphatic carbocycles. The van der Waals surface area contributed by atoms with Crippen molar-refractivity contribution in [2.75, 3.05) is 26.7 Å². The summed E-state index contributed by atoms with van der Waals surface area (Å²) >= 11 is 0. The minimum atomic E-state index is -0.137. The predicted molar refractivity (Wildman–Crippen MR) is 108 cm³/mol. The second kappa shape index (κ2) is 9.39. The van der Waals surface area contributed by atoms with Crippen molar-refractivity contribution >= 4 is 11.8 Å². The van der Waals surface area contributed by atoms with Crippen LogP contribution in [0.4, 0.5) is 0 Å². The average molecular weight is 412 g/mol. The molecule has 4 rings (SSSR count). The van der Waals surface area contributed by atoms with Gasteiger partial charge >= 0.3 is 0 Å². The molecule has 0 unspecified atom stereocenters. The molecule has 0 saturated heterocycles. The van der Waals surface area contributed by atoms with E-state index >= 15 is 0 Å². The molecule has 0 saturated carbocycles. The summed E-state index contributed by atoms with van der Waals surface area (Å²) in [5, 5.41) is 5.69. The summed E-state index contributed by atoms with van der Waals surface area (Å²) in [6, 6.07) is 11.5. The first kappa shape index (κ1) is 19.9. The fraction of sp³-hybridized carbons (Fsp3) is 0.364. The molecule has 0 spiro atoms. The fourth-order valence-corrected chi connectivity index (χ4v) is 3.29. The van der Waals surface area contributed by atoms with E-state index in [9.17, 15) is 9.59 Å². The van der Waals surface area contributed by atoms with Crippen molar-refractivity contribution < 1.29 is 28.5 Å². The smallest absolute Gasteiger partial charge is 0.231 e. The lowest BCUT2D eigenvalue weighted by Gasteiger charge is -2.08. The number of amides is 2. The van der Waals surface area contributed by atoms with Gasteiger partial charge in [0.1, 0.15) is 0 Å². The summed E-state index contributed by atoms with van der Waals surface area (Å²) < 4.78 is 21.3. The zero-order valence-electron chi connectivity index (χ0n) is 16.6. The molecular weight excluding hydrogens is 388 g/mol. The van der Waals surface area contributed by atoms with E-state index < -0.39 is 0 Å². The summed E-state index contributed by atoms with van der Waals surface area (Å²) in [6.45, 7) is 1.50. The van der Waals surface area contributed by atoms with E-state index in [1.807, 2.05) is 36.4 Å². The number of rotatable bonds is 9. The van der Waals surface area contributed by atoms with E-state index in [1.165, 1.54) is 0 Å². The van der Waals surface area contributed by atoms with Crippen LogP contribution in [-0.2, 0) is 22.4 Å². The normalized spacial score (nSPS) is 13.2. The van der Waals surface area contributed by atoms with E-state index in [0.717, 1.165) is 34.1 Å². The van der Waals surface area contributed by atoms with Crippen LogP contribution in [0.25, 0.3) is 0 Å². The number of nitrogens with one attached hydrogen (secondary N) is 2. The van der Waals surface area contributed by atoms with Gasteiger partial charge in [-0.05, 0) is 48.2 Å². The van der Waals surface area contributed by atoms with E-state index in [0.29, 0.717) is 25.9 Å². The Morgan fingerprint density at radius 2 is 1.10 bits per heavy atom. The Balaban J connectivity index is 1.09. The molecule has 0 radical (unpaired) electrons. The van der Waals surface area contributed by atoms with E-state index in [4.69, 9.17) is 18.9 Å². The summed E-state index contributed by atoms with van der Waals surface area (Å²) in [5.74, 6) is 2.68. The molecule has 0 fully saturated rings. The van der Waals surface area contributed by atoms with Gasteiger partial charge in [-0.3, -0.25) is 9.59 Å². The summed E-state index contributed by atoms with van der Waals surface area (Å²) in [5.41, 5.74) is 2.11. The van der Waals surface area contributed by atoms with Crippen LogP contribution in [0.2, 0.25) is 0 Å². The van der Waals surface area contributed by atoms with Gasteiger partial charge in [0.25, 0.3) is 0 Å². The second-order valence-corrected chi connectivity index (χ2v) is 7.08. The number of benzene rings is 2. The predicted octanol–water partition coefficient (Wildman–Crippen LogP) is 1.94. The Morgan fingerprint density at radius 3 is 1.57 bits per heavy atom. The van der Waals surface area contributed by atoms with Gasteiger partial charge in [-0.2, -0.15) is 0 Å². The Morgan fingerprint density at radius 1 is 0.667 bits per heavy atom. The maximum absolute atomic E-state index is 12.0. The summed E-state index contributed by atoms with van der Waals surface area (Å²) in [7, 11) is 0. The van der Waals surface area contributed by atoms with Gasteiger partial charge in [-0.25, -0.2) is 0 Å². The summed E-state index contributed by atoms with van der Waals surface area (Å²) in [6.07, 6.45) is 1.70. The fourth-order valence-electron chi connectivity index (χ4n) is 3.29. The highest BCUT2D eigenvalue weighted by Gasteiger charge is 2.14. The van der Waals surface area contributed by atoms with Gasteiger partial charge in [-0.1, -0.05) is 12.1 Å². The van der Waals surface area contributed by atoms with Crippen LogP contribution in [0.15, 0.2) is 36.4 Å². The van der Waals surface area contributed by atoms with Gasteiger partial charge in [0.2, 0.25) is 25.4 Å². The van der Waals surface area contributed by atoms with Crippen LogP contribution in [-0.4, -0.2) is 38.5 Å². The Hall–Kier alpha value is -3.42. The molecule has 0 atom stereocenters. The number of carbonyl (C=O) groups excluding carboxylic acids is 2. The molecule has 2 aliphatic heterocycles. The molecule has 158 valence electrons. The standard InChI is InChI=1S/C22H24N2O6/c25-21(23-9-7-15-1-3-17-19(11-15)29-13-27-17)5-6-22(26)24-10-8-16-2-4-18-20(12-16)30-14-28-18/h1-4,11-12H,5-10,13-14H2,(H,23,25)(H,24,26). The molecule has 0 bridgehead atoms. The lowest BCUT2D eigenvalue weighted by atomic mass is 10.1. The molecule has 2 heterocycles. The lowest BCUT2D eigenvalue weighted by molar-refractivity contribution is -0.126. The molecule has 2 N–H and O–H groups in total. The van der Waals surface area contributed by atoms with Crippen molar-refractivity contribution in [2.45, 2.75) is 25.7 Å². The van der Waals surface area contributed by atoms with Gasteiger partial charge in [0, 0.05) is 25.9 Å². The van der Waals surface area contributed by atoms with Crippen LogP contribution in [0.5, 0.6) is 23.0 Å². The van der Waals surface area contributed by atoms with Gasteiger partial charge in [0.05, 0.1) is 0 Å². The number of hydrogen-bond donors (Lipinski definition) is 2. The van der Waals surface area contributed by atoms with Crippen molar-refractivity contribution in [3.05, 3.63) is 47.5 Å². The van der Waals surface area contributed by atoms with E-state index in [-0.39, 0.29) is 38.2 Å². The van der Waals surface area contributed by atoms with E-state index in [2.05, 4.69) is 10.6 Å². The third kappa shape index (κ3) is 5.14. The van der Waals surface area contributed by atoms with Crippen molar-refractivity contribution in [1.82, 2.24) is 10.6 Å². The largest absolute Gasteiger partial charge is 0.454 e. The summed E-state index contributed by atoms with van der Waals surface area (Å²) in [4.78, 5) is 23.9. The first-order valence-corrected chi connectivity index (χ1v) is 9.98. The van der Waals surface area contributed by atoms with Crippen LogP contribution in [0.1, 0.15) is 24.0 Å². The second-order valence-electron chi connectivity index (χ2n) is 7.08. The Bertz CT molecular complexity index is 854. The van der Waals surface area contributed by atoms with Crippen LogP contribution in [0, 0.1) is 0 Å². The lowest BCUT2D eigenvalue weighted by Crippen LogP contribution is -2.29. The zero-order chi connectivity index (χ0) is 20.8. The van der Waals surface area contributed by atoms with Crippen LogP contribution < -0.4 is 29.6 Å². The highest BCUT2D eigenvalue weighted by Crippen LogP contribution is 2.33. The van der Waals surface area contributed by atoms with Crippen LogP contribution in [0.3, 0.4) is 0 Å². The van der Waals surface area contributed by atoms with E-state index in [1.54, 1.807) is 0 Å². The first-order chi connectivity index (χ1) is 14.7. The Kier molecular flexibility index (Phi) is 6.22. The molecule has 8 nitrogen and oxygen atoms in total. The first-order valence-electron chi connectivity index (χ1n) is 9.98. The van der Waals surface area contributed by atoms with Gasteiger partial charge in [-0.15, -0.1) is 0 Å². The minimum Gasteiger partial charge on any atom is -0.454 e. The van der Waals surface area contributed by atoms with Crippen molar-refractivity contribution in [2.24, 2.45) is 0 Å². The molecular formula is C22H24N2O6. The maximum Gasteiger partial charge on any atom is 0.231 e. The number of fused-ring (bicyclic) bond motifs is 2. The third-order valence-corrected chi connectivity index (χ3v) is 4.92. The van der Waals surface area contributed by atoms with Crippen molar-refractivity contribution in [3.63, 3.8) is 0 Å². The highest BCUT2D eigenvalue weighted by atomic mass is 16.7. The minimum absolute atomic E-state index is 0.137.